The Bertz CT molecular complexity index is 1040. The molecule has 6 nitrogen and oxygen atoms in total. The van der Waals surface area contributed by atoms with Gasteiger partial charge in [0, 0.05) is 23.8 Å². The van der Waals surface area contributed by atoms with Crippen molar-refractivity contribution in [2.24, 2.45) is 0 Å². The molecule has 2 fully saturated rings. The number of carbonyl (C=O) groups is 2. The molecule has 2 aliphatic rings. The fraction of sp³-hybridized carbons (Fsp3) is 0.429. The molecule has 0 saturated carbocycles. The lowest BCUT2D eigenvalue weighted by molar-refractivity contribution is -0.131. The predicted molar refractivity (Wildman–Crippen MR) is 150 cm³/mol. The molecule has 2 saturated heterocycles. The molecule has 0 spiro atoms. The van der Waals surface area contributed by atoms with Gasteiger partial charge in [-0.2, -0.15) is 0 Å². The van der Waals surface area contributed by atoms with Gasteiger partial charge in [0.05, 0.1) is 29.3 Å². The first-order valence-corrected chi connectivity index (χ1v) is 12.8. The summed E-state index contributed by atoms with van der Waals surface area (Å²) in [5, 5.41) is 7.17. The summed E-state index contributed by atoms with van der Waals surface area (Å²) < 4.78 is 0. The van der Waals surface area contributed by atoms with Crippen LogP contribution in [0, 0.1) is 13.8 Å². The number of rotatable bonds is 4. The van der Waals surface area contributed by atoms with Crippen molar-refractivity contribution >= 4 is 35.4 Å². The van der Waals surface area contributed by atoms with E-state index in [1.807, 2.05) is 56.1 Å². The van der Waals surface area contributed by atoms with Gasteiger partial charge in [-0.25, -0.2) is 0 Å². The molecule has 0 aromatic heterocycles. The summed E-state index contributed by atoms with van der Waals surface area (Å²) in [5.41, 5.74) is 5.26. The summed E-state index contributed by atoms with van der Waals surface area (Å²) in [6.07, 6.45) is 3.31. The van der Waals surface area contributed by atoms with E-state index in [1.54, 1.807) is 13.1 Å². The SMILES string of the molecule is C=C1CC[C@@H](C)N1.CNCC(=O)N1CN(C)C[C@H]1c1ccc(Cl)c(Cl)c1.Cc1cc(C)cc(C=O)c1. The van der Waals surface area contributed by atoms with Crippen LogP contribution in [-0.4, -0.2) is 61.9 Å². The molecule has 2 atom stereocenters. The Kier molecular flexibility index (Phi) is 11.9. The number of nitrogens with zero attached hydrogens (tertiary/aromatic N) is 2. The Morgan fingerprint density at radius 3 is 2.31 bits per heavy atom. The van der Waals surface area contributed by atoms with Crippen molar-refractivity contribution in [1.29, 1.82) is 0 Å². The van der Waals surface area contributed by atoms with E-state index in [1.165, 1.54) is 18.5 Å². The van der Waals surface area contributed by atoms with Gasteiger partial charge >= 0.3 is 0 Å². The fourth-order valence-corrected chi connectivity index (χ4v) is 4.59. The highest BCUT2D eigenvalue weighted by Gasteiger charge is 2.32. The molecule has 2 N–H and O–H groups in total. The maximum absolute atomic E-state index is 12.1. The minimum atomic E-state index is 0.0283. The quantitative estimate of drug-likeness (QED) is 0.518. The summed E-state index contributed by atoms with van der Waals surface area (Å²) in [7, 11) is 3.77. The molecule has 4 rings (SSSR count). The van der Waals surface area contributed by atoms with Gasteiger partial charge in [-0.1, -0.05) is 53.0 Å². The van der Waals surface area contributed by atoms with E-state index >= 15 is 0 Å². The zero-order chi connectivity index (χ0) is 26.8. The molecule has 8 heteroatoms. The van der Waals surface area contributed by atoms with Gasteiger partial charge in [-0.15, -0.1) is 0 Å². The highest BCUT2D eigenvalue weighted by Crippen LogP contribution is 2.31. The molecule has 36 heavy (non-hydrogen) atoms. The zero-order valence-corrected chi connectivity index (χ0v) is 23.4. The van der Waals surface area contributed by atoms with Crippen LogP contribution in [-0.2, 0) is 4.79 Å². The molecule has 2 aromatic rings. The van der Waals surface area contributed by atoms with Gasteiger partial charge in [0.1, 0.15) is 6.29 Å². The predicted octanol–water partition coefficient (Wildman–Crippen LogP) is 5.37. The van der Waals surface area contributed by atoms with E-state index in [9.17, 15) is 9.59 Å². The summed E-state index contributed by atoms with van der Waals surface area (Å²) >= 11 is 12.0. The van der Waals surface area contributed by atoms with Crippen LogP contribution in [0.4, 0.5) is 0 Å². The zero-order valence-electron chi connectivity index (χ0n) is 21.9. The van der Waals surface area contributed by atoms with Crippen molar-refractivity contribution in [3.8, 4) is 0 Å². The second kappa shape index (κ2) is 14.4. The van der Waals surface area contributed by atoms with E-state index in [0.29, 0.717) is 29.3 Å². The Labute approximate surface area is 225 Å². The van der Waals surface area contributed by atoms with Crippen LogP contribution in [0.5, 0.6) is 0 Å². The number of hydrogen-bond acceptors (Lipinski definition) is 5. The van der Waals surface area contributed by atoms with Gasteiger partial charge in [-0.3, -0.25) is 14.5 Å². The van der Waals surface area contributed by atoms with E-state index in [4.69, 9.17) is 23.2 Å². The number of benzene rings is 2. The van der Waals surface area contributed by atoms with Crippen LogP contribution in [0.3, 0.4) is 0 Å². The molecule has 2 aliphatic heterocycles. The maximum atomic E-state index is 12.1. The Morgan fingerprint density at radius 1 is 1.17 bits per heavy atom. The van der Waals surface area contributed by atoms with Crippen molar-refractivity contribution in [2.75, 3.05) is 33.9 Å². The topological polar surface area (TPSA) is 64.7 Å². The molecule has 1 amide bonds. The monoisotopic (exact) mass is 532 g/mol. The lowest BCUT2D eigenvalue weighted by Gasteiger charge is -2.24. The van der Waals surface area contributed by atoms with Gasteiger partial charge in [0.2, 0.25) is 5.91 Å². The number of halogens is 2. The lowest BCUT2D eigenvalue weighted by Crippen LogP contribution is -2.37. The second-order valence-electron chi connectivity index (χ2n) is 9.49. The maximum Gasteiger partial charge on any atom is 0.238 e. The highest BCUT2D eigenvalue weighted by molar-refractivity contribution is 6.42. The van der Waals surface area contributed by atoms with E-state index in [2.05, 4.69) is 29.0 Å². The van der Waals surface area contributed by atoms with Gasteiger partial charge in [0.25, 0.3) is 0 Å². The second-order valence-corrected chi connectivity index (χ2v) is 10.3. The molecule has 2 aromatic carbocycles. The molecule has 0 radical (unpaired) electrons. The number of aldehydes is 1. The molecule has 0 unspecified atom stereocenters. The van der Waals surface area contributed by atoms with E-state index in [-0.39, 0.29) is 11.9 Å². The van der Waals surface area contributed by atoms with Gasteiger partial charge in [-0.05, 0) is 77.5 Å². The van der Waals surface area contributed by atoms with Crippen LogP contribution < -0.4 is 10.6 Å². The first-order valence-electron chi connectivity index (χ1n) is 12.1. The van der Waals surface area contributed by atoms with E-state index in [0.717, 1.165) is 35.1 Å². The normalized spacial score (nSPS) is 19.1. The minimum absolute atomic E-state index is 0.0283. The summed E-state index contributed by atoms with van der Waals surface area (Å²) in [5.74, 6) is 0.0860. The van der Waals surface area contributed by atoms with Crippen LogP contribution in [0.25, 0.3) is 0 Å². The number of likely N-dealkylation sites (N-methyl/N-ethyl adjacent to an activating group) is 2. The fourth-order valence-electron chi connectivity index (χ4n) is 4.28. The molecular weight excluding hydrogens is 495 g/mol. The van der Waals surface area contributed by atoms with Crippen molar-refractivity contribution in [3.05, 3.63) is 81.0 Å². The summed E-state index contributed by atoms with van der Waals surface area (Å²) in [6, 6.07) is 12.0. The van der Waals surface area contributed by atoms with Crippen molar-refractivity contribution in [2.45, 2.75) is 45.7 Å². The third-order valence-corrected chi connectivity index (χ3v) is 6.68. The lowest BCUT2D eigenvalue weighted by atomic mass is 10.1. The Balaban J connectivity index is 0.000000222. The van der Waals surface area contributed by atoms with Gasteiger partial charge in [0.15, 0.2) is 0 Å². The number of aryl methyl sites for hydroxylation is 2. The largest absolute Gasteiger partial charge is 0.386 e. The first kappa shape index (κ1) is 29.8. The number of hydrogen-bond donors (Lipinski definition) is 2. The molecule has 0 bridgehead atoms. The Hall–Kier alpha value is -2.38. The van der Waals surface area contributed by atoms with Crippen molar-refractivity contribution < 1.29 is 9.59 Å². The number of nitrogens with one attached hydrogen (secondary N) is 2. The molecular formula is C28H38Cl2N4O2. The standard InChI is InChI=1S/C13H17Cl2N3O.C9H10O.C6H11N/c1-16-6-13(19)18-8-17(2)7-12(18)9-3-4-10(14)11(15)5-9;1-7-3-8(2)5-9(4-7)6-10;1-5-3-4-6(2)7-5/h3-5,12,16H,6-8H2,1-2H3;3-6H,1-2H3;6-7H,1,3-4H2,2H3/t12-;;6-/m0.1/s1. The van der Waals surface area contributed by atoms with E-state index < -0.39 is 0 Å². The summed E-state index contributed by atoms with van der Waals surface area (Å²) in [4.78, 5) is 26.4. The average molecular weight is 534 g/mol. The van der Waals surface area contributed by atoms with Gasteiger partial charge < -0.3 is 15.5 Å². The molecule has 2 heterocycles. The van der Waals surface area contributed by atoms with Crippen LogP contribution in [0.15, 0.2) is 48.7 Å². The first-order chi connectivity index (χ1) is 17.0. The number of allylic oxidation sites excluding steroid dienone is 1. The average Bonchev–Trinajstić information content (AvgIpc) is 3.40. The Morgan fingerprint density at radius 2 is 1.83 bits per heavy atom. The summed E-state index contributed by atoms with van der Waals surface area (Å²) in [6.45, 7) is 11.7. The third-order valence-electron chi connectivity index (χ3n) is 5.94. The number of amides is 1. The number of carbonyl (C=O) groups excluding carboxylic acids is 2. The van der Waals surface area contributed by atoms with Crippen molar-refractivity contribution in [3.63, 3.8) is 0 Å². The third kappa shape index (κ3) is 9.25. The molecule has 196 valence electrons. The van der Waals surface area contributed by atoms with Crippen LogP contribution >= 0.6 is 23.2 Å². The highest BCUT2D eigenvalue weighted by atomic mass is 35.5. The van der Waals surface area contributed by atoms with Crippen LogP contribution in [0.2, 0.25) is 10.0 Å². The minimum Gasteiger partial charge on any atom is -0.386 e. The molecule has 0 aliphatic carbocycles. The smallest absolute Gasteiger partial charge is 0.238 e. The van der Waals surface area contributed by atoms with Crippen LogP contribution in [0.1, 0.15) is 52.9 Å². The van der Waals surface area contributed by atoms with Crippen molar-refractivity contribution in [1.82, 2.24) is 20.4 Å².